The lowest BCUT2D eigenvalue weighted by Gasteiger charge is -2.34. The first-order valence-corrected chi connectivity index (χ1v) is 11.6. The number of benzene rings is 1. The van der Waals surface area contributed by atoms with Gasteiger partial charge in [0.15, 0.2) is 0 Å². The number of nitrogens with zero attached hydrogens (tertiary/aromatic N) is 2. The minimum atomic E-state index is -3.65. The second-order valence-corrected chi connectivity index (χ2v) is 9.98. The number of hydrogen-bond acceptors (Lipinski definition) is 8. The van der Waals surface area contributed by atoms with Crippen LogP contribution >= 0.6 is 11.8 Å². The van der Waals surface area contributed by atoms with Crippen molar-refractivity contribution >= 4 is 39.3 Å². The summed E-state index contributed by atoms with van der Waals surface area (Å²) in [4.78, 5) is 26.3. The van der Waals surface area contributed by atoms with E-state index >= 15 is 0 Å². The molecule has 162 valence electrons. The Labute approximate surface area is 175 Å². The number of carbonyl (C=O) groups is 2. The summed E-state index contributed by atoms with van der Waals surface area (Å²) < 4.78 is 35.9. The van der Waals surface area contributed by atoms with E-state index in [4.69, 9.17) is 9.47 Å². The lowest BCUT2D eigenvalue weighted by Crippen LogP contribution is -2.47. The molecule has 11 heteroatoms. The van der Waals surface area contributed by atoms with Crippen LogP contribution in [0.5, 0.6) is 5.75 Å². The molecule has 0 aliphatic carbocycles. The molecule has 2 rings (SSSR count). The molecule has 9 nitrogen and oxygen atoms in total. The molecule has 1 aliphatic heterocycles. The van der Waals surface area contributed by atoms with Gasteiger partial charge in [-0.25, -0.2) is 12.7 Å². The normalized spacial score (nSPS) is 17.8. The van der Waals surface area contributed by atoms with E-state index in [9.17, 15) is 18.0 Å². The standard InChI is InChI=1S/C18H27N3O6S2/c1-20(2)29(24,25)14-5-6-16(26-3)15(10-14)19-17(22)11-21-7-8-28-12-13(21)9-18(23)27-4/h5-6,10,13H,7-9,11-12H2,1-4H3,(H,19,22)/t13-/m1/s1. The van der Waals surface area contributed by atoms with Crippen molar-refractivity contribution in [2.45, 2.75) is 17.4 Å². The number of nitrogens with one attached hydrogen (secondary N) is 1. The highest BCUT2D eigenvalue weighted by atomic mass is 32.2. The second kappa shape index (κ2) is 10.3. The topological polar surface area (TPSA) is 105 Å². The third kappa shape index (κ3) is 6.08. The van der Waals surface area contributed by atoms with Gasteiger partial charge in [0.2, 0.25) is 15.9 Å². The fourth-order valence-corrected chi connectivity index (χ4v) is 4.95. The molecule has 0 radical (unpaired) electrons. The van der Waals surface area contributed by atoms with Crippen LogP contribution in [0.4, 0.5) is 5.69 Å². The summed E-state index contributed by atoms with van der Waals surface area (Å²) in [6, 6.07) is 4.22. The van der Waals surface area contributed by atoms with Crippen molar-refractivity contribution in [3.8, 4) is 5.75 Å². The fraction of sp³-hybridized carbons (Fsp3) is 0.556. The number of hydrogen-bond donors (Lipinski definition) is 1. The Morgan fingerprint density at radius 1 is 1.31 bits per heavy atom. The Hall–Kier alpha value is -1.82. The van der Waals surface area contributed by atoms with Crippen LogP contribution in [0.2, 0.25) is 0 Å². The molecular weight excluding hydrogens is 418 g/mol. The molecule has 1 aliphatic rings. The smallest absolute Gasteiger partial charge is 0.307 e. The molecule has 1 saturated heterocycles. The van der Waals surface area contributed by atoms with Gasteiger partial charge in [-0.2, -0.15) is 11.8 Å². The number of amides is 1. The van der Waals surface area contributed by atoms with E-state index in [-0.39, 0.29) is 41.5 Å². The molecule has 1 amide bonds. The van der Waals surface area contributed by atoms with Crippen LogP contribution in [-0.4, -0.2) is 88.5 Å². The number of rotatable bonds is 8. The minimum absolute atomic E-state index is 0.0524. The number of carbonyl (C=O) groups excluding carboxylic acids is 2. The van der Waals surface area contributed by atoms with E-state index in [1.807, 2.05) is 4.90 Å². The van der Waals surface area contributed by atoms with E-state index in [0.29, 0.717) is 12.3 Å². The van der Waals surface area contributed by atoms with E-state index in [2.05, 4.69) is 5.32 Å². The molecule has 0 spiro atoms. The zero-order valence-electron chi connectivity index (χ0n) is 17.0. The predicted molar refractivity (Wildman–Crippen MR) is 112 cm³/mol. The molecular formula is C18H27N3O6S2. The third-order valence-electron chi connectivity index (χ3n) is 4.55. The Kier molecular flexibility index (Phi) is 8.32. The van der Waals surface area contributed by atoms with Crippen LogP contribution in [0.1, 0.15) is 6.42 Å². The van der Waals surface area contributed by atoms with Gasteiger partial charge < -0.3 is 14.8 Å². The zero-order chi connectivity index (χ0) is 21.6. The first kappa shape index (κ1) is 23.5. The quantitative estimate of drug-likeness (QED) is 0.588. The maximum Gasteiger partial charge on any atom is 0.307 e. The first-order valence-electron chi connectivity index (χ1n) is 8.98. The van der Waals surface area contributed by atoms with Crippen molar-refractivity contribution in [3.05, 3.63) is 18.2 Å². The van der Waals surface area contributed by atoms with Crippen LogP contribution in [0.25, 0.3) is 0 Å². The molecule has 1 aromatic carbocycles. The highest BCUT2D eigenvalue weighted by molar-refractivity contribution is 7.99. The van der Waals surface area contributed by atoms with Gasteiger partial charge in [-0.05, 0) is 18.2 Å². The second-order valence-electron chi connectivity index (χ2n) is 6.68. The summed E-state index contributed by atoms with van der Waals surface area (Å²) in [5.41, 5.74) is 0.274. The molecule has 0 bridgehead atoms. The molecule has 1 aromatic rings. The molecule has 1 heterocycles. The van der Waals surface area contributed by atoms with Crippen molar-refractivity contribution in [2.24, 2.45) is 0 Å². The van der Waals surface area contributed by atoms with E-state index in [1.165, 1.54) is 46.5 Å². The van der Waals surface area contributed by atoms with Gasteiger partial charge in [0.1, 0.15) is 5.75 Å². The van der Waals surface area contributed by atoms with Crippen LogP contribution in [0.15, 0.2) is 23.1 Å². The highest BCUT2D eigenvalue weighted by Gasteiger charge is 2.27. The lowest BCUT2D eigenvalue weighted by molar-refractivity contribution is -0.142. The lowest BCUT2D eigenvalue weighted by atomic mass is 10.2. The van der Waals surface area contributed by atoms with Gasteiger partial charge in [0.25, 0.3) is 0 Å². The van der Waals surface area contributed by atoms with E-state index < -0.39 is 10.0 Å². The number of methoxy groups -OCH3 is 2. The monoisotopic (exact) mass is 445 g/mol. The fourth-order valence-electron chi connectivity index (χ4n) is 2.89. The van der Waals surface area contributed by atoms with Gasteiger partial charge in [-0.3, -0.25) is 14.5 Å². The van der Waals surface area contributed by atoms with Crippen LogP contribution in [0, 0.1) is 0 Å². The molecule has 1 atom stereocenters. The van der Waals surface area contributed by atoms with Gasteiger partial charge >= 0.3 is 5.97 Å². The van der Waals surface area contributed by atoms with Crippen molar-refractivity contribution in [2.75, 3.05) is 58.2 Å². The van der Waals surface area contributed by atoms with Crippen molar-refractivity contribution < 1.29 is 27.5 Å². The summed E-state index contributed by atoms with van der Waals surface area (Å²) in [6.45, 7) is 0.752. The Bertz CT molecular complexity index is 844. The Morgan fingerprint density at radius 3 is 2.66 bits per heavy atom. The van der Waals surface area contributed by atoms with Crippen LogP contribution in [-0.2, 0) is 24.3 Å². The summed E-state index contributed by atoms with van der Waals surface area (Å²) >= 11 is 1.73. The van der Waals surface area contributed by atoms with Crippen molar-refractivity contribution in [1.82, 2.24) is 9.21 Å². The number of thioether (sulfide) groups is 1. The predicted octanol–water partition coefficient (Wildman–Crippen LogP) is 0.865. The first-order chi connectivity index (χ1) is 13.7. The average molecular weight is 446 g/mol. The Balaban J connectivity index is 2.15. The van der Waals surface area contributed by atoms with Gasteiger partial charge in [0, 0.05) is 38.2 Å². The van der Waals surface area contributed by atoms with Crippen molar-refractivity contribution in [3.63, 3.8) is 0 Å². The summed E-state index contributed by atoms with van der Waals surface area (Å²) in [5, 5.41) is 2.74. The maximum absolute atomic E-state index is 12.7. The van der Waals surface area contributed by atoms with E-state index in [1.54, 1.807) is 11.8 Å². The molecule has 0 saturated carbocycles. The van der Waals surface area contributed by atoms with Gasteiger partial charge in [-0.15, -0.1) is 0 Å². The zero-order valence-corrected chi connectivity index (χ0v) is 18.6. The number of anilines is 1. The van der Waals surface area contributed by atoms with Gasteiger partial charge in [0.05, 0.1) is 37.8 Å². The number of sulfonamides is 1. The molecule has 1 N–H and O–H groups in total. The average Bonchev–Trinajstić information content (AvgIpc) is 2.69. The molecule has 0 aromatic heterocycles. The van der Waals surface area contributed by atoms with Crippen LogP contribution in [0.3, 0.4) is 0 Å². The molecule has 1 fully saturated rings. The third-order valence-corrected chi connectivity index (χ3v) is 7.45. The Morgan fingerprint density at radius 2 is 2.03 bits per heavy atom. The number of ether oxygens (including phenoxy) is 2. The van der Waals surface area contributed by atoms with Crippen LogP contribution < -0.4 is 10.1 Å². The summed E-state index contributed by atoms with van der Waals surface area (Å²) in [7, 11) is 2.01. The van der Waals surface area contributed by atoms with E-state index in [0.717, 1.165) is 15.8 Å². The SMILES string of the molecule is COC(=O)C[C@@H]1CSCCN1CC(=O)Nc1cc(S(=O)(=O)N(C)C)ccc1OC. The largest absolute Gasteiger partial charge is 0.495 e. The maximum atomic E-state index is 12.7. The summed E-state index contributed by atoms with van der Waals surface area (Å²) in [5.74, 6) is 1.33. The van der Waals surface area contributed by atoms with Crippen molar-refractivity contribution in [1.29, 1.82) is 0 Å². The van der Waals surface area contributed by atoms with Gasteiger partial charge in [-0.1, -0.05) is 0 Å². The highest BCUT2D eigenvalue weighted by Crippen LogP contribution is 2.28. The summed E-state index contributed by atoms with van der Waals surface area (Å²) in [6.07, 6.45) is 0.219. The molecule has 0 unspecified atom stereocenters. The molecule has 29 heavy (non-hydrogen) atoms. The minimum Gasteiger partial charge on any atom is -0.495 e. The number of esters is 1.